The van der Waals surface area contributed by atoms with Crippen LogP contribution in [0.1, 0.15) is 39.5 Å². The van der Waals surface area contributed by atoms with E-state index in [-0.39, 0.29) is 23.7 Å². The molecule has 0 spiro atoms. The molecule has 92 valence electrons. The minimum atomic E-state index is -0.134. The van der Waals surface area contributed by atoms with Crippen LogP contribution in [0.5, 0.6) is 0 Å². The van der Waals surface area contributed by atoms with E-state index in [2.05, 4.69) is 12.6 Å². The van der Waals surface area contributed by atoms with Gasteiger partial charge in [-0.3, -0.25) is 14.5 Å². The first-order valence-corrected chi connectivity index (χ1v) is 6.69. The highest BCUT2D eigenvalue weighted by Gasteiger charge is 2.41. The number of hydrogen-bond donors (Lipinski definition) is 1. The predicted octanol–water partition coefficient (Wildman–Crippen LogP) is 2.12. The molecule has 4 heteroatoms. The third-order valence-corrected chi connectivity index (χ3v) is 3.67. The van der Waals surface area contributed by atoms with Crippen molar-refractivity contribution in [1.29, 1.82) is 0 Å². The van der Waals surface area contributed by atoms with Gasteiger partial charge in [0.25, 0.3) is 0 Å². The van der Waals surface area contributed by atoms with Gasteiger partial charge in [0.05, 0.1) is 0 Å². The van der Waals surface area contributed by atoms with Gasteiger partial charge in [0.15, 0.2) is 0 Å². The number of amides is 2. The lowest BCUT2D eigenvalue weighted by Crippen LogP contribution is -2.31. The third kappa shape index (κ3) is 3.00. The second-order valence-electron chi connectivity index (χ2n) is 4.54. The van der Waals surface area contributed by atoms with Crippen LogP contribution in [0.3, 0.4) is 0 Å². The molecule has 0 radical (unpaired) electrons. The summed E-state index contributed by atoms with van der Waals surface area (Å²) in [6.07, 6.45) is 4.23. The Labute approximate surface area is 103 Å². The maximum Gasteiger partial charge on any atom is 0.232 e. The maximum absolute atomic E-state index is 11.7. The molecule has 1 fully saturated rings. The monoisotopic (exact) mass is 243 g/mol. The lowest BCUT2D eigenvalue weighted by Gasteiger charge is -2.13. The molecule has 16 heavy (non-hydrogen) atoms. The largest absolute Gasteiger partial charge is 0.282 e. The highest BCUT2D eigenvalue weighted by Crippen LogP contribution is 2.25. The third-order valence-electron chi connectivity index (χ3n) is 3.35. The fourth-order valence-electron chi connectivity index (χ4n) is 1.98. The molecule has 0 aromatic rings. The number of nitrogens with zero attached hydrogens (tertiary/aromatic N) is 1. The van der Waals surface area contributed by atoms with E-state index in [1.807, 2.05) is 13.8 Å². The zero-order chi connectivity index (χ0) is 12.1. The zero-order valence-electron chi connectivity index (χ0n) is 10.1. The molecule has 0 N–H and O–H groups in total. The summed E-state index contributed by atoms with van der Waals surface area (Å²) in [5.74, 6) is 0.656. The Morgan fingerprint density at radius 3 is 2.00 bits per heavy atom. The molecular weight excluding hydrogens is 222 g/mol. The Hall–Kier alpha value is -0.510. The van der Waals surface area contributed by atoms with Crippen LogP contribution in [0.4, 0.5) is 0 Å². The summed E-state index contributed by atoms with van der Waals surface area (Å²) >= 11 is 4.14. The minimum absolute atomic E-state index is 0.00620. The van der Waals surface area contributed by atoms with Gasteiger partial charge in [0.1, 0.15) is 0 Å². The van der Waals surface area contributed by atoms with Crippen molar-refractivity contribution in [3.05, 3.63) is 0 Å². The Kier molecular flexibility index (Phi) is 5.32. The molecule has 1 aliphatic heterocycles. The van der Waals surface area contributed by atoms with Crippen molar-refractivity contribution >= 4 is 24.4 Å². The van der Waals surface area contributed by atoms with Crippen LogP contribution >= 0.6 is 12.6 Å². The van der Waals surface area contributed by atoms with Crippen LogP contribution in [0.15, 0.2) is 0 Å². The average Bonchev–Trinajstić information content (AvgIpc) is 2.46. The van der Waals surface area contributed by atoms with E-state index in [0.717, 1.165) is 31.4 Å². The number of carbonyl (C=O) groups excluding carboxylic acids is 2. The molecule has 0 aromatic carbocycles. The van der Waals surface area contributed by atoms with Gasteiger partial charge in [0.2, 0.25) is 11.8 Å². The van der Waals surface area contributed by atoms with E-state index in [0.29, 0.717) is 6.54 Å². The molecule has 3 nitrogen and oxygen atoms in total. The second-order valence-corrected chi connectivity index (χ2v) is 4.99. The molecule has 2 atom stereocenters. The standard InChI is InChI=1S/C12H21NO2S/c1-9-10(2)12(15)13(11(9)14)7-5-3-4-6-8-16/h9-10,16H,3-8H2,1-2H3. The van der Waals surface area contributed by atoms with E-state index < -0.39 is 0 Å². The molecule has 2 amide bonds. The van der Waals surface area contributed by atoms with Gasteiger partial charge in [0, 0.05) is 18.4 Å². The second kappa shape index (κ2) is 6.28. The molecule has 0 saturated carbocycles. The van der Waals surface area contributed by atoms with Crippen molar-refractivity contribution in [2.45, 2.75) is 39.5 Å². The molecule has 1 heterocycles. The van der Waals surface area contributed by atoms with Crippen molar-refractivity contribution in [3.8, 4) is 0 Å². The van der Waals surface area contributed by atoms with Gasteiger partial charge in [-0.15, -0.1) is 0 Å². The first kappa shape index (κ1) is 13.6. The number of carbonyl (C=O) groups is 2. The summed E-state index contributed by atoms with van der Waals surface area (Å²) in [4.78, 5) is 24.9. The number of thiol groups is 1. The summed E-state index contributed by atoms with van der Waals surface area (Å²) in [6, 6.07) is 0. The maximum atomic E-state index is 11.7. The molecule has 2 unspecified atom stereocenters. The smallest absolute Gasteiger partial charge is 0.232 e. The van der Waals surface area contributed by atoms with Crippen molar-refractivity contribution in [3.63, 3.8) is 0 Å². The Morgan fingerprint density at radius 1 is 1.00 bits per heavy atom. The van der Waals surface area contributed by atoms with Gasteiger partial charge >= 0.3 is 0 Å². The van der Waals surface area contributed by atoms with E-state index in [1.54, 1.807) is 0 Å². The first-order valence-electron chi connectivity index (χ1n) is 6.05. The van der Waals surface area contributed by atoms with E-state index in [1.165, 1.54) is 4.90 Å². The molecule has 0 aromatic heterocycles. The molecule has 1 aliphatic rings. The van der Waals surface area contributed by atoms with Gasteiger partial charge in [-0.25, -0.2) is 0 Å². The molecule has 0 bridgehead atoms. The lowest BCUT2D eigenvalue weighted by atomic mass is 10.00. The summed E-state index contributed by atoms with van der Waals surface area (Å²) in [5.41, 5.74) is 0. The van der Waals surface area contributed by atoms with Crippen LogP contribution in [0.2, 0.25) is 0 Å². The number of unbranched alkanes of at least 4 members (excludes halogenated alkanes) is 3. The zero-order valence-corrected chi connectivity index (χ0v) is 11.0. The Morgan fingerprint density at radius 2 is 1.50 bits per heavy atom. The summed E-state index contributed by atoms with van der Waals surface area (Å²) in [7, 11) is 0. The van der Waals surface area contributed by atoms with Crippen LogP contribution < -0.4 is 0 Å². The topological polar surface area (TPSA) is 37.4 Å². The highest BCUT2D eigenvalue weighted by atomic mass is 32.1. The molecular formula is C12H21NO2S. The van der Waals surface area contributed by atoms with Gasteiger partial charge < -0.3 is 0 Å². The lowest BCUT2D eigenvalue weighted by molar-refractivity contribution is -0.139. The molecule has 0 aliphatic carbocycles. The van der Waals surface area contributed by atoms with Gasteiger partial charge in [-0.05, 0) is 18.6 Å². The Balaban J connectivity index is 2.32. The van der Waals surface area contributed by atoms with Crippen LogP contribution in [-0.4, -0.2) is 29.0 Å². The fourth-order valence-corrected chi connectivity index (χ4v) is 2.21. The van der Waals surface area contributed by atoms with Crippen LogP contribution in [0.25, 0.3) is 0 Å². The number of hydrogen-bond acceptors (Lipinski definition) is 3. The van der Waals surface area contributed by atoms with Crippen molar-refractivity contribution in [2.24, 2.45) is 11.8 Å². The number of likely N-dealkylation sites (tertiary alicyclic amines) is 1. The highest BCUT2D eigenvalue weighted by molar-refractivity contribution is 7.80. The molecule has 1 rings (SSSR count). The van der Waals surface area contributed by atoms with Crippen molar-refractivity contribution in [1.82, 2.24) is 4.90 Å². The minimum Gasteiger partial charge on any atom is -0.282 e. The quantitative estimate of drug-likeness (QED) is 0.441. The van der Waals surface area contributed by atoms with Crippen molar-refractivity contribution < 1.29 is 9.59 Å². The summed E-state index contributed by atoms with van der Waals surface area (Å²) in [6.45, 7) is 4.27. The van der Waals surface area contributed by atoms with Crippen LogP contribution in [-0.2, 0) is 9.59 Å². The normalized spacial score (nSPS) is 25.6. The predicted molar refractivity (Wildman–Crippen MR) is 67.4 cm³/mol. The summed E-state index contributed by atoms with van der Waals surface area (Å²) in [5, 5.41) is 0. The first-order chi connectivity index (χ1) is 7.59. The SMILES string of the molecule is CC1C(=O)N(CCCCCCS)C(=O)C1C. The average molecular weight is 243 g/mol. The Bertz CT molecular complexity index is 248. The van der Waals surface area contributed by atoms with Crippen LogP contribution in [0, 0.1) is 11.8 Å². The number of rotatable bonds is 6. The van der Waals surface area contributed by atoms with E-state index >= 15 is 0 Å². The molecule has 1 saturated heterocycles. The van der Waals surface area contributed by atoms with Gasteiger partial charge in [-0.2, -0.15) is 12.6 Å². The van der Waals surface area contributed by atoms with Crippen molar-refractivity contribution in [2.75, 3.05) is 12.3 Å². The summed E-state index contributed by atoms with van der Waals surface area (Å²) < 4.78 is 0. The van der Waals surface area contributed by atoms with E-state index in [9.17, 15) is 9.59 Å². The van der Waals surface area contributed by atoms with E-state index in [4.69, 9.17) is 0 Å². The fraction of sp³-hybridized carbons (Fsp3) is 0.833. The van der Waals surface area contributed by atoms with Gasteiger partial charge in [-0.1, -0.05) is 26.7 Å². The number of imide groups is 1.